The molecule has 3 aromatic rings. The molecule has 0 aliphatic carbocycles. The molecule has 0 aliphatic heterocycles. The molecular weight excluding hydrogens is 244 g/mol. The van der Waals surface area contributed by atoms with Crippen molar-refractivity contribution in [3.63, 3.8) is 0 Å². The average molecular weight is 256 g/mol. The topological polar surface area (TPSA) is 61.3 Å². The SMILES string of the molecule is COc1ccc(-c2nnc(-c3occc3C)o2)cc1. The molecule has 19 heavy (non-hydrogen) atoms. The van der Waals surface area contributed by atoms with E-state index in [1.165, 1.54) is 0 Å². The lowest BCUT2D eigenvalue weighted by molar-refractivity contribution is 0.415. The van der Waals surface area contributed by atoms with Crippen molar-refractivity contribution in [1.29, 1.82) is 0 Å². The van der Waals surface area contributed by atoms with Gasteiger partial charge in [-0.3, -0.25) is 0 Å². The molecule has 0 saturated heterocycles. The van der Waals surface area contributed by atoms with Gasteiger partial charge in [0.05, 0.1) is 13.4 Å². The van der Waals surface area contributed by atoms with Crippen LogP contribution in [0.25, 0.3) is 23.1 Å². The van der Waals surface area contributed by atoms with Gasteiger partial charge in [0.25, 0.3) is 5.89 Å². The summed E-state index contributed by atoms with van der Waals surface area (Å²) in [5, 5.41) is 8.02. The Balaban J connectivity index is 1.94. The standard InChI is InChI=1S/C14H12N2O3/c1-9-7-8-18-12(9)14-16-15-13(19-14)10-3-5-11(17-2)6-4-10/h3-8H,1-2H3. The first-order valence-electron chi connectivity index (χ1n) is 5.80. The van der Waals surface area contributed by atoms with E-state index in [1.54, 1.807) is 13.4 Å². The monoisotopic (exact) mass is 256 g/mol. The number of nitrogens with zero attached hydrogens (tertiary/aromatic N) is 2. The Bertz CT molecular complexity index is 683. The number of aryl methyl sites for hydroxylation is 1. The Hall–Kier alpha value is -2.56. The molecule has 0 atom stereocenters. The van der Waals surface area contributed by atoms with Crippen LogP contribution in [0.4, 0.5) is 0 Å². The molecule has 5 heteroatoms. The predicted octanol–water partition coefficient (Wildman–Crippen LogP) is 3.31. The van der Waals surface area contributed by atoms with Gasteiger partial charge in [0, 0.05) is 11.1 Å². The fourth-order valence-electron chi connectivity index (χ4n) is 1.76. The number of rotatable bonds is 3. The van der Waals surface area contributed by atoms with Crippen molar-refractivity contribution in [3.05, 3.63) is 42.2 Å². The highest BCUT2D eigenvalue weighted by Crippen LogP contribution is 2.27. The first kappa shape index (κ1) is 11.5. The normalized spacial score (nSPS) is 10.6. The van der Waals surface area contributed by atoms with E-state index in [0.717, 1.165) is 16.9 Å². The summed E-state index contributed by atoms with van der Waals surface area (Å²) in [5.74, 6) is 2.22. The van der Waals surface area contributed by atoms with Crippen LogP contribution in [-0.4, -0.2) is 17.3 Å². The summed E-state index contributed by atoms with van der Waals surface area (Å²) in [6.45, 7) is 1.93. The van der Waals surface area contributed by atoms with Gasteiger partial charge in [0.15, 0.2) is 5.76 Å². The highest BCUT2D eigenvalue weighted by Gasteiger charge is 2.14. The zero-order valence-corrected chi connectivity index (χ0v) is 10.6. The zero-order chi connectivity index (χ0) is 13.2. The highest BCUT2D eigenvalue weighted by atomic mass is 16.5. The minimum absolute atomic E-state index is 0.383. The van der Waals surface area contributed by atoms with E-state index in [2.05, 4.69) is 10.2 Å². The van der Waals surface area contributed by atoms with E-state index < -0.39 is 0 Å². The molecule has 0 spiro atoms. The van der Waals surface area contributed by atoms with Crippen LogP contribution in [-0.2, 0) is 0 Å². The Labute approximate surface area is 109 Å². The van der Waals surface area contributed by atoms with Crippen LogP contribution in [0.15, 0.2) is 45.4 Å². The molecule has 96 valence electrons. The van der Waals surface area contributed by atoms with Crippen molar-refractivity contribution in [3.8, 4) is 28.9 Å². The maximum Gasteiger partial charge on any atom is 0.284 e. The number of aromatic nitrogens is 2. The van der Waals surface area contributed by atoms with Gasteiger partial charge in [-0.15, -0.1) is 10.2 Å². The summed E-state index contributed by atoms with van der Waals surface area (Å²) < 4.78 is 16.0. The minimum Gasteiger partial charge on any atom is -0.497 e. The van der Waals surface area contributed by atoms with Crippen LogP contribution < -0.4 is 4.74 Å². The lowest BCUT2D eigenvalue weighted by Crippen LogP contribution is -1.82. The molecule has 0 radical (unpaired) electrons. The maximum atomic E-state index is 5.61. The molecule has 0 amide bonds. The van der Waals surface area contributed by atoms with Gasteiger partial charge in [-0.2, -0.15) is 0 Å². The third kappa shape index (κ3) is 2.10. The van der Waals surface area contributed by atoms with Gasteiger partial charge >= 0.3 is 0 Å². The Morgan fingerprint density at radius 2 is 1.74 bits per heavy atom. The van der Waals surface area contributed by atoms with Crippen molar-refractivity contribution in [2.24, 2.45) is 0 Å². The van der Waals surface area contributed by atoms with Crippen LogP contribution in [0.2, 0.25) is 0 Å². The van der Waals surface area contributed by atoms with Crippen molar-refractivity contribution < 1.29 is 13.6 Å². The number of ether oxygens (including phenoxy) is 1. The maximum absolute atomic E-state index is 5.61. The summed E-state index contributed by atoms with van der Waals surface area (Å²) >= 11 is 0. The van der Waals surface area contributed by atoms with Crippen molar-refractivity contribution >= 4 is 0 Å². The first-order chi connectivity index (χ1) is 9.28. The molecule has 0 saturated carbocycles. The highest BCUT2D eigenvalue weighted by molar-refractivity contribution is 5.57. The van der Waals surface area contributed by atoms with Gasteiger partial charge in [-0.1, -0.05) is 0 Å². The predicted molar refractivity (Wildman–Crippen MR) is 68.7 cm³/mol. The molecule has 5 nitrogen and oxygen atoms in total. The van der Waals surface area contributed by atoms with E-state index in [4.69, 9.17) is 13.6 Å². The molecule has 1 aromatic carbocycles. The van der Waals surface area contributed by atoms with Crippen molar-refractivity contribution in [2.75, 3.05) is 7.11 Å². The molecular formula is C14H12N2O3. The Kier molecular flexibility index (Phi) is 2.79. The molecule has 2 aromatic heterocycles. The number of methoxy groups -OCH3 is 1. The third-order valence-electron chi connectivity index (χ3n) is 2.82. The van der Waals surface area contributed by atoms with Gasteiger partial charge in [0.1, 0.15) is 5.75 Å². The van der Waals surface area contributed by atoms with E-state index >= 15 is 0 Å². The van der Waals surface area contributed by atoms with E-state index in [0.29, 0.717) is 17.5 Å². The van der Waals surface area contributed by atoms with E-state index in [9.17, 15) is 0 Å². The van der Waals surface area contributed by atoms with Crippen LogP contribution in [0.1, 0.15) is 5.56 Å². The lowest BCUT2D eigenvalue weighted by atomic mass is 10.2. The summed E-state index contributed by atoms with van der Waals surface area (Å²) in [4.78, 5) is 0. The van der Waals surface area contributed by atoms with Crippen molar-refractivity contribution in [2.45, 2.75) is 6.92 Å². The minimum atomic E-state index is 0.383. The molecule has 0 aliphatic rings. The van der Waals surface area contributed by atoms with Crippen LogP contribution in [0.3, 0.4) is 0 Å². The van der Waals surface area contributed by atoms with E-state index in [-0.39, 0.29) is 0 Å². The summed E-state index contributed by atoms with van der Waals surface area (Å²) in [5.41, 5.74) is 1.80. The second-order valence-corrected chi connectivity index (χ2v) is 4.07. The molecule has 0 bridgehead atoms. The molecule has 0 unspecified atom stereocenters. The van der Waals surface area contributed by atoms with Gasteiger partial charge < -0.3 is 13.6 Å². The lowest BCUT2D eigenvalue weighted by Gasteiger charge is -1.99. The first-order valence-corrected chi connectivity index (χ1v) is 5.80. The quantitative estimate of drug-likeness (QED) is 0.719. The number of benzene rings is 1. The molecule has 2 heterocycles. The van der Waals surface area contributed by atoms with Gasteiger partial charge in [0.2, 0.25) is 5.89 Å². The van der Waals surface area contributed by atoms with Crippen LogP contribution in [0, 0.1) is 6.92 Å². The second kappa shape index (κ2) is 4.61. The van der Waals surface area contributed by atoms with Gasteiger partial charge in [-0.05, 0) is 37.3 Å². The third-order valence-corrected chi connectivity index (χ3v) is 2.82. The van der Waals surface area contributed by atoms with E-state index in [1.807, 2.05) is 37.3 Å². The smallest absolute Gasteiger partial charge is 0.284 e. The Morgan fingerprint density at radius 1 is 1.00 bits per heavy atom. The summed E-state index contributed by atoms with van der Waals surface area (Å²) in [6, 6.07) is 9.28. The number of hydrogen-bond acceptors (Lipinski definition) is 5. The summed E-state index contributed by atoms with van der Waals surface area (Å²) in [7, 11) is 1.62. The van der Waals surface area contributed by atoms with Crippen LogP contribution in [0.5, 0.6) is 5.75 Å². The summed E-state index contributed by atoms with van der Waals surface area (Å²) in [6.07, 6.45) is 1.60. The second-order valence-electron chi connectivity index (χ2n) is 4.07. The number of furan rings is 1. The number of hydrogen-bond donors (Lipinski definition) is 0. The molecule has 0 N–H and O–H groups in total. The largest absolute Gasteiger partial charge is 0.497 e. The fourth-order valence-corrected chi connectivity index (χ4v) is 1.76. The molecule has 3 rings (SSSR count). The van der Waals surface area contributed by atoms with Crippen LogP contribution >= 0.6 is 0 Å². The van der Waals surface area contributed by atoms with Crippen molar-refractivity contribution in [1.82, 2.24) is 10.2 Å². The Morgan fingerprint density at radius 3 is 2.37 bits per heavy atom. The molecule has 0 fully saturated rings. The average Bonchev–Trinajstić information content (AvgIpc) is 3.07. The fraction of sp³-hybridized carbons (Fsp3) is 0.143. The zero-order valence-electron chi connectivity index (χ0n) is 10.6. The van der Waals surface area contributed by atoms with Gasteiger partial charge in [-0.25, -0.2) is 0 Å².